The zero-order chi connectivity index (χ0) is 15.0. The van der Waals surface area contributed by atoms with Gasteiger partial charge in [-0.1, -0.05) is 31.9 Å². The Balaban J connectivity index is 1.84. The van der Waals surface area contributed by atoms with E-state index in [1.165, 1.54) is 12.8 Å². The Morgan fingerprint density at radius 2 is 2.19 bits per heavy atom. The molecule has 2 aromatic rings. The van der Waals surface area contributed by atoms with Crippen molar-refractivity contribution in [2.75, 3.05) is 12.8 Å². The average Bonchev–Trinajstić information content (AvgIpc) is 2.91. The van der Waals surface area contributed by atoms with Crippen LogP contribution < -0.4 is 5.73 Å². The maximum atomic E-state index is 12.7. The van der Waals surface area contributed by atoms with Gasteiger partial charge in [0.05, 0.1) is 11.2 Å². The summed E-state index contributed by atoms with van der Waals surface area (Å²) in [6.45, 7) is 2.27. The summed E-state index contributed by atoms with van der Waals surface area (Å²) in [4.78, 5) is 17.8. The summed E-state index contributed by atoms with van der Waals surface area (Å²) in [6, 6.07) is 7.98. The first-order chi connectivity index (χ1) is 10.1. The molecule has 1 aromatic carbocycles. The zero-order valence-electron chi connectivity index (χ0n) is 12.7. The molecule has 0 radical (unpaired) electrons. The molecule has 1 aliphatic rings. The Bertz CT molecular complexity index is 661. The van der Waals surface area contributed by atoms with Gasteiger partial charge in [-0.2, -0.15) is 0 Å². The van der Waals surface area contributed by atoms with Crippen molar-refractivity contribution in [2.45, 2.75) is 38.6 Å². The van der Waals surface area contributed by atoms with E-state index >= 15 is 0 Å². The molecule has 0 saturated heterocycles. The molecule has 1 fully saturated rings. The predicted octanol–water partition coefficient (Wildman–Crippen LogP) is 3.40. The van der Waals surface area contributed by atoms with Crippen LogP contribution in [0.5, 0.6) is 0 Å². The number of anilines is 1. The molecule has 4 heteroatoms. The number of benzene rings is 1. The lowest BCUT2D eigenvalue weighted by Crippen LogP contribution is -2.39. The molecule has 1 amide bonds. The van der Waals surface area contributed by atoms with Gasteiger partial charge < -0.3 is 15.6 Å². The standard InChI is InChI=1S/C17H23N3O/c1-11-5-3-7-13(9-11)20(2)17(21)15-10-12-6-4-8-14(18)16(12)19-15/h4,6,8,10-11,13,19H,3,5,7,9,18H2,1-2H3. The van der Waals surface area contributed by atoms with Gasteiger partial charge in [0.1, 0.15) is 5.69 Å². The first kappa shape index (κ1) is 14.0. The van der Waals surface area contributed by atoms with Crippen LogP contribution in [0.2, 0.25) is 0 Å². The van der Waals surface area contributed by atoms with Gasteiger partial charge in [-0.3, -0.25) is 4.79 Å². The van der Waals surface area contributed by atoms with Crippen LogP contribution in [-0.4, -0.2) is 28.9 Å². The van der Waals surface area contributed by atoms with Crippen LogP contribution in [0.3, 0.4) is 0 Å². The summed E-state index contributed by atoms with van der Waals surface area (Å²) >= 11 is 0. The minimum absolute atomic E-state index is 0.0599. The second kappa shape index (κ2) is 5.43. The second-order valence-electron chi connectivity index (χ2n) is 6.34. The van der Waals surface area contributed by atoms with Gasteiger partial charge >= 0.3 is 0 Å². The number of nitrogens with zero attached hydrogens (tertiary/aromatic N) is 1. The third-order valence-electron chi connectivity index (χ3n) is 4.70. The predicted molar refractivity (Wildman–Crippen MR) is 86.2 cm³/mol. The molecular formula is C17H23N3O. The molecule has 0 bridgehead atoms. The largest absolute Gasteiger partial charge is 0.397 e. The van der Waals surface area contributed by atoms with E-state index in [-0.39, 0.29) is 5.91 Å². The summed E-state index contributed by atoms with van der Waals surface area (Å²) in [5, 5.41) is 0.990. The average molecular weight is 285 g/mol. The van der Waals surface area contributed by atoms with E-state index in [9.17, 15) is 4.79 Å². The summed E-state index contributed by atoms with van der Waals surface area (Å²) in [5.41, 5.74) is 8.11. The van der Waals surface area contributed by atoms with E-state index in [1.807, 2.05) is 36.2 Å². The number of hydrogen-bond acceptors (Lipinski definition) is 2. The van der Waals surface area contributed by atoms with E-state index < -0.39 is 0 Å². The van der Waals surface area contributed by atoms with Crippen LogP contribution in [0, 0.1) is 5.92 Å². The summed E-state index contributed by atoms with van der Waals surface area (Å²) in [6.07, 6.45) is 4.70. The number of aromatic amines is 1. The molecule has 1 aromatic heterocycles. The molecule has 0 spiro atoms. The van der Waals surface area contributed by atoms with Crippen molar-refractivity contribution in [1.82, 2.24) is 9.88 Å². The SMILES string of the molecule is CC1CCCC(N(C)C(=O)c2cc3cccc(N)c3[nH]2)C1. The number of para-hydroxylation sites is 1. The van der Waals surface area contributed by atoms with Crippen molar-refractivity contribution in [3.05, 3.63) is 30.0 Å². The summed E-state index contributed by atoms with van der Waals surface area (Å²) < 4.78 is 0. The number of rotatable bonds is 2. The van der Waals surface area contributed by atoms with E-state index in [0.29, 0.717) is 23.3 Å². The third kappa shape index (κ3) is 2.62. The molecule has 4 nitrogen and oxygen atoms in total. The van der Waals surface area contributed by atoms with E-state index in [4.69, 9.17) is 5.73 Å². The molecule has 21 heavy (non-hydrogen) atoms. The van der Waals surface area contributed by atoms with Crippen LogP contribution >= 0.6 is 0 Å². The Morgan fingerprint density at radius 1 is 1.38 bits per heavy atom. The Morgan fingerprint density at radius 3 is 2.90 bits per heavy atom. The molecule has 1 saturated carbocycles. The van der Waals surface area contributed by atoms with Gasteiger partial charge in [0, 0.05) is 18.5 Å². The molecular weight excluding hydrogens is 262 g/mol. The van der Waals surface area contributed by atoms with E-state index in [2.05, 4.69) is 11.9 Å². The molecule has 0 aliphatic heterocycles. The molecule has 112 valence electrons. The molecule has 3 rings (SSSR count). The number of aromatic nitrogens is 1. The third-order valence-corrected chi connectivity index (χ3v) is 4.70. The highest BCUT2D eigenvalue weighted by Gasteiger charge is 2.26. The van der Waals surface area contributed by atoms with Crippen molar-refractivity contribution in [1.29, 1.82) is 0 Å². The van der Waals surface area contributed by atoms with Gasteiger partial charge in [-0.25, -0.2) is 0 Å². The Labute approximate surface area is 125 Å². The first-order valence-electron chi connectivity index (χ1n) is 7.70. The van der Waals surface area contributed by atoms with Crippen LogP contribution in [0.4, 0.5) is 5.69 Å². The molecule has 3 N–H and O–H groups in total. The second-order valence-corrected chi connectivity index (χ2v) is 6.34. The van der Waals surface area contributed by atoms with Crippen molar-refractivity contribution in [3.8, 4) is 0 Å². The van der Waals surface area contributed by atoms with Gasteiger partial charge in [0.25, 0.3) is 5.91 Å². The molecule has 2 atom stereocenters. The maximum Gasteiger partial charge on any atom is 0.270 e. The fourth-order valence-electron chi connectivity index (χ4n) is 3.40. The highest BCUT2D eigenvalue weighted by Crippen LogP contribution is 2.28. The summed E-state index contributed by atoms with van der Waals surface area (Å²) in [5.74, 6) is 0.766. The Kier molecular flexibility index (Phi) is 3.62. The highest BCUT2D eigenvalue weighted by atomic mass is 16.2. The molecule has 1 heterocycles. The van der Waals surface area contributed by atoms with Crippen LogP contribution in [0.15, 0.2) is 24.3 Å². The number of carbonyl (C=O) groups excluding carboxylic acids is 1. The summed E-state index contributed by atoms with van der Waals surface area (Å²) in [7, 11) is 1.92. The van der Waals surface area contributed by atoms with Crippen molar-refractivity contribution < 1.29 is 4.79 Å². The van der Waals surface area contributed by atoms with Gasteiger partial charge in [0.15, 0.2) is 0 Å². The Hall–Kier alpha value is -1.97. The number of nitrogens with two attached hydrogens (primary N) is 1. The fourth-order valence-corrected chi connectivity index (χ4v) is 3.40. The number of H-pyrrole nitrogens is 1. The van der Waals surface area contributed by atoms with Gasteiger partial charge in [-0.15, -0.1) is 0 Å². The van der Waals surface area contributed by atoms with E-state index in [0.717, 1.165) is 23.7 Å². The first-order valence-corrected chi connectivity index (χ1v) is 7.70. The zero-order valence-corrected chi connectivity index (χ0v) is 12.7. The highest BCUT2D eigenvalue weighted by molar-refractivity contribution is 6.00. The lowest BCUT2D eigenvalue weighted by Gasteiger charge is -2.33. The molecule has 1 aliphatic carbocycles. The van der Waals surface area contributed by atoms with Crippen LogP contribution in [0.1, 0.15) is 43.1 Å². The number of nitrogens with one attached hydrogen (secondary N) is 1. The topological polar surface area (TPSA) is 62.1 Å². The quantitative estimate of drug-likeness (QED) is 0.831. The minimum Gasteiger partial charge on any atom is -0.397 e. The lowest BCUT2D eigenvalue weighted by atomic mass is 9.86. The maximum absolute atomic E-state index is 12.7. The number of carbonyl (C=O) groups is 1. The lowest BCUT2D eigenvalue weighted by molar-refractivity contribution is 0.0667. The van der Waals surface area contributed by atoms with Gasteiger partial charge in [0.2, 0.25) is 0 Å². The fraction of sp³-hybridized carbons (Fsp3) is 0.471. The smallest absolute Gasteiger partial charge is 0.270 e. The number of nitrogen functional groups attached to an aromatic ring is 1. The van der Waals surface area contributed by atoms with E-state index in [1.54, 1.807) is 0 Å². The van der Waals surface area contributed by atoms with Crippen LogP contribution in [0.25, 0.3) is 10.9 Å². The number of hydrogen-bond donors (Lipinski definition) is 2. The van der Waals surface area contributed by atoms with Crippen molar-refractivity contribution >= 4 is 22.5 Å². The van der Waals surface area contributed by atoms with Crippen molar-refractivity contribution in [3.63, 3.8) is 0 Å². The van der Waals surface area contributed by atoms with Gasteiger partial charge in [-0.05, 0) is 30.9 Å². The van der Waals surface area contributed by atoms with Crippen molar-refractivity contribution in [2.24, 2.45) is 5.92 Å². The number of fused-ring (bicyclic) bond motifs is 1. The monoisotopic (exact) mass is 285 g/mol. The van der Waals surface area contributed by atoms with Crippen LogP contribution in [-0.2, 0) is 0 Å². The number of amides is 1. The normalized spacial score (nSPS) is 22.4. The molecule has 2 unspecified atom stereocenters. The minimum atomic E-state index is 0.0599.